The third kappa shape index (κ3) is 6.77. The Kier molecular flexibility index (Phi) is 8.23. The molecular formula is C30H35F3N6O2S. The van der Waals surface area contributed by atoms with E-state index in [1.54, 1.807) is 12.3 Å². The number of ether oxygens (including phenoxy) is 1. The molecule has 3 aliphatic rings. The lowest BCUT2D eigenvalue weighted by Gasteiger charge is -2.27. The summed E-state index contributed by atoms with van der Waals surface area (Å²) in [6.07, 6.45) is 2.77. The fourth-order valence-corrected chi connectivity index (χ4v) is 6.83. The highest BCUT2D eigenvalue weighted by Crippen LogP contribution is 2.35. The Morgan fingerprint density at radius 1 is 1.14 bits per heavy atom. The molecule has 1 aliphatic carbocycles. The van der Waals surface area contributed by atoms with Gasteiger partial charge in [-0.3, -0.25) is 14.6 Å². The molecule has 2 fully saturated rings. The Bertz CT molecular complexity index is 1440. The number of halogens is 3. The number of aromatic nitrogens is 2. The monoisotopic (exact) mass is 600 g/mol. The van der Waals surface area contributed by atoms with E-state index >= 15 is 0 Å². The number of amides is 1. The second kappa shape index (κ2) is 11.9. The number of thiophene rings is 1. The Hall–Kier alpha value is -3.06. The van der Waals surface area contributed by atoms with E-state index in [-0.39, 0.29) is 17.7 Å². The van der Waals surface area contributed by atoms with Crippen LogP contribution in [0.1, 0.15) is 56.8 Å². The lowest BCUT2D eigenvalue weighted by Crippen LogP contribution is -2.31. The van der Waals surface area contributed by atoms with Gasteiger partial charge in [-0.1, -0.05) is 0 Å². The van der Waals surface area contributed by atoms with Crippen LogP contribution in [0.3, 0.4) is 0 Å². The van der Waals surface area contributed by atoms with Gasteiger partial charge < -0.3 is 15.0 Å². The van der Waals surface area contributed by atoms with Crippen molar-refractivity contribution in [3.8, 4) is 5.88 Å². The number of anilines is 1. The second-order valence-corrected chi connectivity index (χ2v) is 12.7. The average Bonchev–Trinajstić information content (AvgIpc) is 3.45. The van der Waals surface area contributed by atoms with Crippen LogP contribution >= 0.6 is 11.3 Å². The highest BCUT2D eigenvalue weighted by Gasteiger charge is 2.33. The number of carbonyl (C=O) groups is 1. The minimum absolute atomic E-state index is 0.165. The molecule has 1 atom stereocenters. The van der Waals surface area contributed by atoms with Crippen molar-refractivity contribution in [2.24, 2.45) is 0 Å². The molecule has 1 saturated carbocycles. The number of nitrogens with zero attached hydrogens (tertiary/aromatic N) is 5. The van der Waals surface area contributed by atoms with E-state index in [1.807, 2.05) is 19.5 Å². The molecule has 1 aromatic carbocycles. The molecule has 2 aromatic heterocycles. The number of hydrogen-bond acceptors (Lipinski definition) is 8. The number of carbonyl (C=O) groups excluding carboxylic acids is 1. The number of hydrogen-bond donors (Lipinski definition) is 1. The fraction of sp³-hybridized carbons (Fsp3) is 0.500. The largest absolute Gasteiger partial charge is 0.474 e. The summed E-state index contributed by atoms with van der Waals surface area (Å²) < 4.78 is 47.3. The lowest BCUT2D eigenvalue weighted by atomic mass is 10.0. The zero-order chi connectivity index (χ0) is 29.4. The second-order valence-electron chi connectivity index (χ2n) is 11.7. The quantitative estimate of drug-likeness (QED) is 0.369. The first-order chi connectivity index (χ1) is 20.1. The number of likely N-dealkylation sites (tertiary alicyclic amines) is 1. The van der Waals surface area contributed by atoms with Crippen molar-refractivity contribution in [2.45, 2.75) is 63.6 Å². The summed E-state index contributed by atoms with van der Waals surface area (Å²) >= 11 is 1.51. The molecule has 42 heavy (non-hydrogen) atoms. The molecule has 8 nitrogen and oxygen atoms in total. The van der Waals surface area contributed by atoms with Gasteiger partial charge in [-0.2, -0.15) is 13.2 Å². The maximum Gasteiger partial charge on any atom is 0.416 e. The normalized spacial score (nSPS) is 19.7. The number of benzene rings is 1. The van der Waals surface area contributed by atoms with E-state index in [1.165, 1.54) is 23.7 Å². The molecule has 1 saturated heterocycles. The van der Waals surface area contributed by atoms with Crippen LogP contribution in [0.15, 0.2) is 36.1 Å². The Morgan fingerprint density at radius 3 is 2.71 bits per heavy atom. The van der Waals surface area contributed by atoms with E-state index in [0.717, 1.165) is 61.0 Å². The maximum absolute atomic E-state index is 13.8. The SMILES string of the molecule is CN(C)C1CCN(Cc2cc(NC(=O)c3csc4c3CCN(Cc3cncnc3OC3CC3)C4)cc(C(F)(F)F)c2)C1. The van der Waals surface area contributed by atoms with Crippen LogP contribution in [0.25, 0.3) is 0 Å². The molecule has 1 unspecified atom stereocenters. The average molecular weight is 601 g/mol. The van der Waals surface area contributed by atoms with Gasteiger partial charge >= 0.3 is 6.18 Å². The summed E-state index contributed by atoms with van der Waals surface area (Å²) in [7, 11) is 4.04. The third-order valence-corrected chi connectivity index (χ3v) is 9.19. The van der Waals surface area contributed by atoms with Gasteiger partial charge in [0, 0.05) is 73.0 Å². The van der Waals surface area contributed by atoms with Gasteiger partial charge in [-0.25, -0.2) is 9.97 Å². The molecule has 224 valence electrons. The fourth-order valence-electron chi connectivity index (χ4n) is 5.71. The third-order valence-electron chi connectivity index (χ3n) is 8.18. The number of rotatable bonds is 9. The summed E-state index contributed by atoms with van der Waals surface area (Å²) in [6.45, 7) is 4.07. The van der Waals surface area contributed by atoms with Crippen LogP contribution in [0.4, 0.5) is 18.9 Å². The summed E-state index contributed by atoms with van der Waals surface area (Å²) in [5, 5.41) is 4.59. The molecule has 1 N–H and O–H groups in total. The number of nitrogens with one attached hydrogen (secondary N) is 1. The molecule has 4 heterocycles. The Morgan fingerprint density at radius 2 is 1.98 bits per heavy atom. The van der Waals surface area contributed by atoms with E-state index in [2.05, 4.69) is 30.0 Å². The van der Waals surface area contributed by atoms with Gasteiger partial charge in [-0.05, 0) is 69.1 Å². The number of fused-ring (bicyclic) bond motifs is 1. The maximum atomic E-state index is 13.8. The topological polar surface area (TPSA) is 73.8 Å². The predicted molar refractivity (Wildman–Crippen MR) is 155 cm³/mol. The molecule has 0 radical (unpaired) electrons. The first-order valence-electron chi connectivity index (χ1n) is 14.3. The molecule has 2 aliphatic heterocycles. The summed E-state index contributed by atoms with van der Waals surface area (Å²) in [6, 6.07) is 4.27. The smallest absolute Gasteiger partial charge is 0.416 e. The van der Waals surface area contributed by atoms with Crippen molar-refractivity contribution in [2.75, 3.05) is 39.0 Å². The van der Waals surface area contributed by atoms with Crippen molar-refractivity contribution in [3.63, 3.8) is 0 Å². The van der Waals surface area contributed by atoms with E-state index in [0.29, 0.717) is 49.1 Å². The van der Waals surface area contributed by atoms with Crippen molar-refractivity contribution in [1.82, 2.24) is 24.7 Å². The minimum Gasteiger partial charge on any atom is -0.474 e. The van der Waals surface area contributed by atoms with Crippen LogP contribution in [-0.4, -0.2) is 76.5 Å². The number of alkyl halides is 3. The van der Waals surface area contributed by atoms with Crippen molar-refractivity contribution in [3.05, 3.63) is 68.8 Å². The molecule has 12 heteroatoms. The Labute approximate surface area is 247 Å². The zero-order valence-electron chi connectivity index (χ0n) is 23.8. The van der Waals surface area contributed by atoms with Gasteiger partial charge in [0.25, 0.3) is 5.91 Å². The van der Waals surface area contributed by atoms with Crippen LogP contribution < -0.4 is 10.1 Å². The van der Waals surface area contributed by atoms with Gasteiger partial charge in [0.1, 0.15) is 12.4 Å². The Balaban J connectivity index is 1.14. The number of likely N-dealkylation sites (N-methyl/N-ethyl adjacent to an activating group) is 1. The first kappa shape index (κ1) is 29.0. The van der Waals surface area contributed by atoms with Gasteiger partial charge in [0.2, 0.25) is 5.88 Å². The van der Waals surface area contributed by atoms with E-state index in [9.17, 15) is 18.0 Å². The molecule has 0 spiro atoms. The summed E-state index contributed by atoms with van der Waals surface area (Å²) in [4.78, 5) is 29.5. The van der Waals surface area contributed by atoms with Crippen LogP contribution in [0.2, 0.25) is 0 Å². The molecule has 1 amide bonds. The standard InChI is InChI=1S/C30H35F3N6O2S/c1-37(2)23-5-7-38(15-23)13-19-9-21(30(31,32)33)11-22(10-19)36-28(40)26-17-42-27-16-39(8-6-25(26)27)14-20-12-34-18-35-29(20)41-24-3-4-24/h9-12,17-18,23-24H,3-8,13-16H2,1-2H3,(H,36,40). The van der Waals surface area contributed by atoms with Crippen LogP contribution in [0.5, 0.6) is 5.88 Å². The minimum atomic E-state index is -4.51. The highest BCUT2D eigenvalue weighted by molar-refractivity contribution is 7.10. The van der Waals surface area contributed by atoms with Gasteiger partial charge in [-0.15, -0.1) is 11.3 Å². The summed E-state index contributed by atoms with van der Waals surface area (Å²) in [5.41, 5.74) is 2.38. The van der Waals surface area contributed by atoms with Crippen LogP contribution in [0, 0.1) is 0 Å². The van der Waals surface area contributed by atoms with Crippen molar-refractivity contribution in [1.29, 1.82) is 0 Å². The predicted octanol–water partition coefficient (Wildman–Crippen LogP) is 5.04. The van der Waals surface area contributed by atoms with Crippen molar-refractivity contribution < 1.29 is 22.7 Å². The molecule has 3 aromatic rings. The zero-order valence-corrected chi connectivity index (χ0v) is 24.6. The first-order valence-corrected chi connectivity index (χ1v) is 15.2. The highest BCUT2D eigenvalue weighted by atomic mass is 32.1. The van der Waals surface area contributed by atoms with Crippen LogP contribution in [-0.2, 0) is 32.2 Å². The van der Waals surface area contributed by atoms with E-state index in [4.69, 9.17) is 4.74 Å². The summed E-state index contributed by atoms with van der Waals surface area (Å²) in [5.74, 6) is 0.254. The molecular weight excluding hydrogens is 565 g/mol. The van der Waals surface area contributed by atoms with Crippen molar-refractivity contribution >= 4 is 22.9 Å². The van der Waals surface area contributed by atoms with Gasteiger partial charge in [0.15, 0.2) is 0 Å². The van der Waals surface area contributed by atoms with Gasteiger partial charge in [0.05, 0.1) is 11.1 Å². The van der Waals surface area contributed by atoms with E-state index < -0.39 is 11.7 Å². The molecule has 6 rings (SSSR count). The molecule has 0 bridgehead atoms. The lowest BCUT2D eigenvalue weighted by molar-refractivity contribution is -0.137.